The summed E-state index contributed by atoms with van der Waals surface area (Å²) in [5, 5.41) is 3.18. The van der Waals surface area contributed by atoms with Crippen molar-refractivity contribution >= 4 is 28.8 Å². The third-order valence-corrected chi connectivity index (χ3v) is 5.20. The van der Waals surface area contributed by atoms with E-state index in [4.69, 9.17) is 11.6 Å². The Morgan fingerprint density at radius 3 is 2.94 bits per heavy atom. The maximum absolute atomic E-state index is 12.2. The zero-order chi connectivity index (χ0) is 13.2. The molecule has 1 amide bonds. The minimum atomic E-state index is -0.200. The number of aryl methyl sites for hydroxylation is 1. The number of carbonyl (C=O) groups is 1. The average molecular weight is 286 g/mol. The second kappa shape index (κ2) is 5.62. The van der Waals surface area contributed by atoms with Crippen LogP contribution in [-0.2, 0) is 0 Å². The average Bonchev–Trinajstić information content (AvgIpc) is 2.76. The lowest BCUT2D eigenvalue weighted by molar-refractivity contribution is 0.0871. The molecule has 0 saturated heterocycles. The summed E-state index contributed by atoms with van der Waals surface area (Å²) < 4.78 is 0. The van der Waals surface area contributed by atoms with E-state index in [2.05, 4.69) is 12.2 Å². The Bertz CT molecular complexity index is 431. The maximum atomic E-state index is 12.2. The van der Waals surface area contributed by atoms with Crippen LogP contribution in [-0.4, -0.2) is 17.3 Å². The van der Waals surface area contributed by atoms with E-state index in [1.807, 2.05) is 19.1 Å². The number of halogens is 1. The van der Waals surface area contributed by atoms with Gasteiger partial charge in [-0.25, -0.2) is 0 Å². The smallest absolute Gasteiger partial charge is 0.261 e. The Kier molecular flexibility index (Phi) is 4.33. The summed E-state index contributed by atoms with van der Waals surface area (Å²) in [7, 11) is 0. The number of nitrogens with one attached hydrogen (secondary N) is 1. The molecule has 0 radical (unpaired) electrons. The number of hydrogen-bond acceptors (Lipinski definition) is 2. The van der Waals surface area contributed by atoms with Crippen molar-refractivity contribution in [2.24, 2.45) is 5.92 Å². The molecular weight excluding hydrogens is 266 g/mol. The number of alkyl halides is 1. The van der Waals surface area contributed by atoms with E-state index in [9.17, 15) is 4.79 Å². The molecule has 1 heterocycles. The number of hydrogen-bond donors (Lipinski definition) is 1. The fraction of sp³-hybridized carbons (Fsp3) is 0.643. The minimum Gasteiger partial charge on any atom is -0.345 e. The zero-order valence-electron chi connectivity index (χ0n) is 11.0. The molecule has 18 heavy (non-hydrogen) atoms. The number of amides is 1. The molecule has 1 fully saturated rings. The molecule has 1 saturated carbocycles. The monoisotopic (exact) mass is 285 g/mol. The fourth-order valence-electron chi connectivity index (χ4n) is 2.79. The van der Waals surface area contributed by atoms with E-state index in [-0.39, 0.29) is 11.4 Å². The van der Waals surface area contributed by atoms with Crippen LogP contribution in [0, 0.1) is 12.8 Å². The van der Waals surface area contributed by atoms with E-state index < -0.39 is 0 Å². The molecular formula is C14H20ClNOS. The van der Waals surface area contributed by atoms with Gasteiger partial charge in [0.1, 0.15) is 0 Å². The van der Waals surface area contributed by atoms with Crippen molar-refractivity contribution in [1.82, 2.24) is 5.32 Å². The highest BCUT2D eigenvalue weighted by Gasteiger charge is 2.35. The van der Waals surface area contributed by atoms with Crippen LogP contribution in [0.3, 0.4) is 0 Å². The summed E-state index contributed by atoms with van der Waals surface area (Å²) in [5.74, 6) is 1.18. The first-order valence-corrected chi connectivity index (χ1v) is 7.85. The maximum Gasteiger partial charge on any atom is 0.261 e. The quantitative estimate of drug-likeness (QED) is 0.837. The molecule has 0 bridgehead atoms. The van der Waals surface area contributed by atoms with E-state index in [0.717, 1.165) is 29.0 Å². The molecule has 2 atom stereocenters. The van der Waals surface area contributed by atoms with Crippen LogP contribution in [0.4, 0.5) is 0 Å². The molecule has 0 spiro atoms. The third-order valence-electron chi connectivity index (χ3n) is 3.69. The topological polar surface area (TPSA) is 29.1 Å². The molecule has 1 aromatic rings. The van der Waals surface area contributed by atoms with E-state index in [1.54, 1.807) is 0 Å². The van der Waals surface area contributed by atoms with E-state index in [1.165, 1.54) is 17.8 Å². The molecule has 4 heteroatoms. The van der Waals surface area contributed by atoms with Crippen molar-refractivity contribution in [3.63, 3.8) is 0 Å². The predicted molar refractivity (Wildman–Crippen MR) is 77.6 cm³/mol. The highest BCUT2D eigenvalue weighted by Crippen LogP contribution is 2.33. The van der Waals surface area contributed by atoms with Crippen LogP contribution in [0.1, 0.15) is 47.2 Å². The van der Waals surface area contributed by atoms with Gasteiger partial charge in [0.15, 0.2) is 0 Å². The van der Waals surface area contributed by atoms with Crippen molar-refractivity contribution in [2.75, 3.05) is 5.88 Å². The SMILES string of the molecule is Cc1ccc(C(=O)NC2(CCl)CCCC(C)C2)s1. The Morgan fingerprint density at radius 2 is 2.39 bits per heavy atom. The predicted octanol–water partition coefficient (Wildman–Crippen LogP) is 3.97. The van der Waals surface area contributed by atoms with Crippen molar-refractivity contribution in [3.8, 4) is 0 Å². The van der Waals surface area contributed by atoms with Crippen LogP contribution < -0.4 is 5.32 Å². The summed E-state index contributed by atoms with van der Waals surface area (Å²) in [4.78, 5) is 14.2. The van der Waals surface area contributed by atoms with Gasteiger partial charge in [-0.1, -0.05) is 19.8 Å². The highest BCUT2D eigenvalue weighted by atomic mass is 35.5. The molecule has 0 aliphatic heterocycles. The molecule has 2 unspecified atom stereocenters. The third kappa shape index (κ3) is 3.07. The molecule has 1 aliphatic carbocycles. The summed E-state index contributed by atoms with van der Waals surface area (Å²) in [6.07, 6.45) is 4.38. The minimum absolute atomic E-state index is 0.0304. The molecule has 1 aliphatic rings. The van der Waals surface area contributed by atoms with Crippen molar-refractivity contribution < 1.29 is 4.79 Å². The first-order chi connectivity index (χ1) is 8.54. The molecule has 0 aromatic carbocycles. The van der Waals surface area contributed by atoms with Gasteiger partial charge >= 0.3 is 0 Å². The van der Waals surface area contributed by atoms with Gasteiger partial charge in [-0.2, -0.15) is 0 Å². The fourth-order valence-corrected chi connectivity index (χ4v) is 3.86. The lowest BCUT2D eigenvalue weighted by Gasteiger charge is -2.39. The number of carbonyl (C=O) groups excluding carboxylic acids is 1. The largest absolute Gasteiger partial charge is 0.345 e. The van der Waals surface area contributed by atoms with Gasteiger partial charge < -0.3 is 5.32 Å². The summed E-state index contributed by atoms with van der Waals surface area (Å²) in [6, 6.07) is 3.87. The van der Waals surface area contributed by atoms with Gasteiger partial charge in [0, 0.05) is 10.8 Å². The van der Waals surface area contributed by atoms with Gasteiger partial charge in [-0.15, -0.1) is 22.9 Å². The Balaban J connectivity index is 2.08. The van der Waals surface area contributed by atoms with Crippen molar-refractivity contribution in [3.05, 3.63) is 21.9 Å². The Hall–Kier alpha value is -0.540. The zero-order valence-corrected chi connectivity index (χ0v) is 12.5. The summed E-state index contributed by atoms with van der Waals surface area (Å²) >= 11 is 7.67. The van der Waals surface area contributed by atoms with Gasteiger partial charge in [0.2, 0.25) is 0 Å². The lowest BCUT2D eigenvalue weighted by atomic mass is 9.77. The molecule has 2 nitrogen and oxygen atoms in total. The van der Waals surface area contributed by atoms with Crippen molar-refractivity contribution in [2.45, 2.75) is 45.1 Å². The molecule has 1 aromatic heterocycles. The highest BCUT2D eigenvalue weighted by molar-refractivity contribution is 7.13. The Labute approximate surface area is 118 Å². The molecule has 1 N–H and O–H groups in total. The first-order valence-electron chi connectivity index (χ1n) is 6.49. The van der Waals surface area contributed by atoms with Gasteiger partial charge in [-0.3, -0.25) is 4.79 Å². The molecule has 100 valence electrons. The van der Waals surface area contributed by atoms with Crippen LogP contribution in [0.2, 0.25) is 0 Å². The molecule has 2 rings (SSSR count). The summed E-state index contributed by atoms with van der Waals surface area (Å²) in [6.45, 7) is 4.25. The van der Waals surface area contributed by atoms with E-state index >= 15 is 0 Å². The lowest BCUT2D eigenvalue weighted by Crippen LogP contribution is -2.52. The standard InChI is InChI=1S/C14H20ClNOS/c1-10-4-3-7-14(8-10,9-15)16-13(17)12-6-5-11(2)18-12/h5-6,10H,3-4,7-9H2,1-2H3,(H,16,17). The van der Waals surface area contributed by atoms with Crippen molar-refractivity contribution in [1.29, 1.82) is 0 Å². The number of thiophene rings is 1. The number of rotatable bonds is 3. The first kappa shape index (κ1) is 13.9. The van der Waals surface area contributed by atoms with Crippen LogP contribution in [0.5, 0.6) is 0 Å². The second-order valence-electron chi connectivity index (χ2n) is 5.48. The van der Waals surface area contributed by atoms with Gasteiger partial charge in [-0.05, 0) is 37.8 Å². The van der Waals surface area contributed by atoms with Crippen LogP contribution in [0.15, 0.2) is 12.1 Å². The summed E-state index contributed by atoms with van der Waals surface area (Å²) in [5.41, 5.74) is -0.200. The van der Waals surface area contributed by atoms with Gasteiger partial charge in [0.25, 0.3) is 5.91 Å². The second-order valence-corrected chi connectivity index (χ2v) is 7.04. The Morgan fingerprint density at radius 1 is 1.61 bits per heavy atom. The van der Waals surface area contributed by atoms with Crippen LogP contribution in [0.25, 0.3) is 0 Å². The normalized spacial score (nSPS) is 28.1. The van der Waals surface area contributed by atoms with E-state index in [0.29, 0.717) is 11.8 Å². The van der Waals surface area contributed by atoms with Gasteiger partial charge in [0.05, 0.1) is 10.4 Å². The van der Waals surface area contributed by atoms with Crippen LogP contribution >= 0.6 is 22.9 Å².